The first kappa shape index (κ1) is 17.3. The van der Waals surface area contributed by atoms with Crippen molar-refractivity contribution < 1.29 is 9.21 Å². The molecule has 5 heteroatoms. The van der Waals surface area contributed by atoms with Crippen molar-refractivity contribution in [2.75, 3.05) is 26.2 Å². The van der Waals surface area contributed by atoms with Crippen LogP contribution in [0.1, 0.15) is 42.9 Å². The highest BCUT2D eigenvalue weighted by atomic mass is 16.3. The summed E-state index contributed by atoms with van der Waals surface area (Å²) in [6.45, 7) is 4.58. The molecule has 4 rings (SSSR count). The lowest BCUT2D eigenvalue weighted by atomic mass is 9.88. The smallest absolute Gasteiger partial charge is 0.225 e. The number of likely N-dealkylation sites (tertiary alicyclic amines) is 2. The number of hydrogen-bond acceptors (Lipinski definition) is 4. The molecule has 2 aliphatic rings. The molecule has 0 spiro atoms. The number of carbonyl (C=O) groups excluding carboxylic acids is 1. The van der Waals surface area contributed by atoms with E-state index in [1.54, 1.807) is 6.26 Å². The Bertz CT molecular complexity index is 685. The zero-order valence-electron chi connectivity index (χ0n) is 15.2. The number of nitrogens with zero attached hydrogens (tertiary/aromatic N) is 3. The number of furan rings is 1. The van der Waals surface area contributed by atoms with Crippen LogP contribution in [0.3, 0.4) is 0 Å². The minimum atomic E-state index is 0.195. The number of piperidine rings is 2. The maximum Gasteiger partial charge on any atom is 0.225 e. The Morgan fingerprint density at radius 1 is 1.04 bits per heavy atom. The first-order chi connectivity index (χ1) is 12.8. The fraction of sp³-hybridized carbons (Fsp3) is 0.524. The van der Waals surface area contributed by atoms with Gasteiger partial charge in [-0.3, -0.25) is 14.7 Å². The largest absolute Gasteiger partial charge is 0.468 e. The van der Waals surface area contributed by atoms with Crippen molar-refractivity contribution in [3.63, 3.8) is 0 Å². The Morgan fingerprint density at radius 2 is 1.77 bits per heavy atom. The molecule has 0 saturated carbocycles. The molecule has 0 N–H and O–H groups in total. The molecule has 2 aliphatic heterocycles. The molecule has 0 radical (unpaired) electrons. The van der Waals surface area contributed by atoms with Gasteiger partial charge in [0.2, 0.25) is 5.91 Å². The standard InChI is InChI=1S/C21H27N3O2/c25-21(19-5-11-23(12-6-19)16-20-2-1-15-26-20)24-13-7-18(8-14-24)17-3-9-22-10-4-17/h1-4,9-10,15,18-19H,5-8,11-14,16H2. The molecule has 0 unspecified atom stereocenters. The number of amides is 1. The van der Waals surface area contributed by atoms with Gasteiger partial charge in [-0.2, -0.15) is 0 Å². The molecule has 0 aromatic carbocycles. The van der Waals surface area contributed by atoms with Crippen LogP contribution in [0.15, 0.2) is 47.3 Å². The van der Waals surface area contributed by atoms with Gasteiger partial charge < -0.3 is 9.32 Å². The summed E-state index contributed by atoms with van der Waals surface area (Å²) in [5.41, 5.74) is 1.36. The molecule has 2 aromatic rings. The summed E-state index contributed by atoms with van der Waals surface area (Å²) < 4.78 is 5.43. The lowest BCUT2D eigenvalue weighted by molar-refractivity contribution is -0.138. The van der Waals surface area contributed by atoms with Gasteiger partial charge in [0.15, 0.2) is 0 Å². The lowest BCUT2D eigenvalue weighted by Gasteiger charge is -2.37. The second kappa shape index (κ2) is 8.04. The second-order valence-corrected chi connectivity index (χ2v) is 7.51. The van der Waals surface area contributed by atoms with Gasteiger partial charge in [0.05, 0.1) is 12.8 Å². The first-order valence-corrected chi connectivity index (χ1v) is 9.73. The third kappa shape index (κ3) is 3.98. The zero-order chi connectivity index (χ0) is 17.8. The van der Waals surface area contributed by atoms with Crippen molar-refractivity contribution in [2.45, 2.75) is 38.1 Å². The van der Waals surface area contributed by atoms with E-state index in [-0.39, 0.29) is 5.92 Å². The summed E-state index contributed by atoms with van der Waals surface area (Å²) in [6, 6.07) is 8.17. The van der Waals surface area contributed by atoms with E-state index in [1.165, 1.54) is 5.56 Å². The predicted molar refractivity (Wildman–Crippen MR) is 99.5 cm³/mol. The molecule has 2 aromatic heterocycles. The molecule has 1 amide bonds. The van der Waals surface area contributed by atoms with Crippen LogP contribution in [0, 0.1) is 5.92 Å². The number of aromatic nitrogens is 1. The van der Waals surface area contributed by atoms with Crippen LogP contribution in [-0.2, 0) is 11.3 Å². The van der Waals surface area contributed by atoms with Gasteiger partial charge in [-0.1, -0.05) is 0 Å². The van der Waals surface area contributed by atoms with Gasteiger partial charge in [-0.05, 0) is 74.5 Å². The van der Waals surface area contributed by atoms with Gasteiger partial charge in [-0.15, -0.1) is 0 Å². The number of carbonyl (C=O) groups is 1. The number of hydrogen-bond donors (Lipinski definition) is 0. The third-order valence-electron chi connectivity index (χ3n) is 5.88. The maximum atomic E-state index is 12.9. The molecule has 2 fully saturated rings. The van der Waals surface area contributed by atoms with Crippen LogP contribution < -0.4 is 0 Å². The summed E-state index contributed by atoms with van der Waals surface area (Å²) in [7, 11) is 0. The van der Waals surface area contributed by atoms with E-state index in [9.17, 15) is 4.79 Å². The molecule has 138 valence electrons. The Balaban J connectivity index is 1.24. The van der Waals surface area contributed by atoms with Crippen molar-refractivity contribution in [3.05, 3.63) is 54.2 Å². The van der Waals surface area contributed by atoms with Crippen molar-refractivity contribution in [1.29, 1.82) is 0 Å². The van der Waals surface area contributed by atoms with Crippen molar-refractivity contribution >= 4 is 5.91 Å². The van der Waals surface area contributed by atoms with E-state index in [0.717, 1.165) is 64.2 Å². The van der Waals surface area contributed by atoms with E-state index in [0.29, 0.717) is 11.8 Å². The van der Waals surface area contributed by atoms with E-state index < -0.39 is 0 Å². The Labute approximate surface area is 155 Å². The molecule has 2 saturated heterocycles. The fourth-order valence-electron chi connectivity index (χ4n) is 4.29. The van der Waals surface area contributed by atoms with Crippen LogP contribution in [0.25, 0.3) is 0 Å². The van der Waals surface area contributed by atoms with Crippen LogP contribution in [0.4, 0.5) is 0 Å². The molecule has 26 heavy (non-hydrogen) atoms. The van der Waals surface area contributed by atoms with Crippen LogP contribution in [0.5, 0.6) is 0 Å². The molecule has 5 nitrogen and oxygen atoms in total. The molecule has 0 aliphatic carbocycles. The van der Waals surface area contributed by atoms with Gasteiger partial charge in [0, 0.05) is 31.4 Å². The highest BCUT2D eigenvalue weighted by Crippen LogP contribution is 2.29. The fourth-order valence-corrected chi connectivity index (χ4v) is 4.29. The minimum Gasteiger partial charge on any atom is -0.468 e. The monoisotopic (exact) mass is 353 g/mol. The van der Waals surface area contributed by atoms with Gasteiger partial charge in [0.1, 0.15) is 5.76 Å². The van der Waals surface area contributed by atoms with Crippen molar-refractivity contribution in [1.82, 2.24) is 14.8 Å². The first-order valence-electron chi connectivity index (χ1n) is 9.73. The maximum absolute atomic E-state index is 12.9. The number of rotatable bonds is 4. The van der Waals surface area contributed by atoms with Crippen molar-refractivity contribution in [3.8, 4) is 0 Å². The van der Waals surface area contributed by atoms with Crippen molar-refractivity contribution in [2.24, 2.45) is 5.92 Å². The average molecular weight is 353 g/mol. The average Bonchev–Trinajstić information content (AvgIpc) is 3.22. The summed E-state index contributed by atoms with van der Waals surface area (Å²) >= 11 is 0. The molecular weight excluding hydrogens is 326 g/mol. The summed E-state index contributed by atoms with van der Waals surface area (Å²) in [5, 5.41) is 0. The predicted octanol–water partition coefficient (Wildman–Crippen LogP) is 3.29. The highest BCUT2D eigenvalue weighted by Gasteiger charge is 2.31. The van der Waals surface area contributed by atoms with E-state index >= 15 is 0 Å². The lowest BCUT2D eigenvalue weighted by Crippen LogP contribution is -2.45. The van der Waals surface area contributed by atoms with E-state index in [2.05, 4.69) is 26.9 Å². The SMILES string of the molecule is O=C(C1CCN(Cc2ccco2)CC1)N1CCC(c2ccncc2)CC1. The van der Waals surface area contributed by atoms with Crippen LogP contribution in [-0.4, -0.2) is 46.9 Å². The topological polar surface area (TPSA) is 49.6 Å². The molecule has 0 atom stereocenters. The van der Waals surface area contributed by atoms with Gasteiger partial charge >= 0.3 is 0 Å². The summed E-state index contributed by atoms with van der Waals surface area (Å²) in [4.78, 5) is 21.5. The summed E-state index contributed by atoms with van der Waals surface area (Å²) in [5.74, 6) is 2.14. The van der Waals surface area contributed by atoms with Crippen LogP contribution >= 0.6 is 0 Å². The third-order valence-corrected chi connectivity index (χ3v) is 5.88. The quantitative estimate of drug-likeness (QED) is 0.846. The van der Waals surface area contributed by atoms with Gasteiger partial charge in [-0.25, -0.2) is 0 Å². The van der Waals surface area contributed by atoms with Gasteiger partial charge in [0.25, 0.3) is 0 Å². The van der Waals surface area contributed by atoms with Crippen LogP contribution in [0.2, 0.25) is 0 Å². The molecular formula is C21H27N3O2. The van der Waals surface area contributed by atoms with E-state index in [1.807, 2.05) is 24.5 Å². The summed E-state index contributed by atoms with van der Waals surface area (Å²) in [6.07, 6.45) is 9.50. The normalized spacial score (nSPS) is 20.4. The Kier molecular flexibility index (Phi) is 5.34. The Morgan fingerprint density at radius 3 is 2.42 bits per heavy atom. The zero-order valence-corrected chi connectivity index (χ0v) is 15.2. The second-order valence-electron chi connectivity index (χ2n) is 7.51. The molecule has 0 bridgehead atoms. The number of pyridine rings is 1. The highest BCUT2D eigenvalue weighted by molar-refractivity contribution is 5.79. The van der Waals surface area contributed by atoms with E-state index in [4.69, 9.17) is 4.42 Å². The minimum absolute atomic E-state index is 0.195. The molecule has 4 heterocycles. The Hall–Kier alpha value is -2.14.